The van der Waals surface area contributed by atoms with E-state index >= 15 is 0 Å². The van der Waals surface area contributed by atoms with Crippen LogP contribution < -0.4 is 4.72 Å². The lowest BCUT2D eigenvalue weighted by Gasteiger charge is -2.12. The first kappa shape index (κ1) is 14.7. The van der Waals surface area contributed by atoms with E-state index in [4.69, 9.17) is 11.6 Å². The molecule has 0 heterocycles. The number of benzene rings is 2. The highest BCUT2D eigenvalue weighted by atomic mass is 35.5. The molecule has 2 aromatic rings. The molecule has 0 atom stereocenters. The Morgan fingerprint density at radius 3 is 2.20 bits per heavy atom. The van der Waals surface area contributed by atoms with Gasteiger partial charge in [-0.15, -0.1) is 0 Å². The second-order valence-electron chi connectivity index (χ2n) is 4.07. The standard InChI is InChI=1S/C13H10ClF2NO2S/c1-8-9(14)4-2-7-12(8)17-20(18,19)13-10(15)5-3-6-11(13)16/h2-7,17H,1H3. The summed E-state index contributed by atoms with van der Waals surface area (Å²) < 4.78 is 53.4. The molecule has 0 aliphatic heterocycles. The molecule has 0 unspecified atom stereocenters. The van der Waals surface area contributed by atoms with Crippen molar-refractivity contribution in [1.29, 1.82) is 0 Å². The van der Waals surface area contributed by atoms with Crippen LogP contribution in [0.15, 0.2) is 41.3 Å². The third-order valence-corrected chi connectivity index (χ3v) is 4.53. The molecule has 3 nitrogen and oxygen atoms in total. The predicted molar refractivity (Wildman–Crippen MR) is 73.4 cm³/mol. The van der Waals surface area contributed by atoms with Crippen LogP contribution in [0.3, 0.4) is 0 Å². The van der Waals surface area contributed by atoms with Crippen LogP contribution in [0.25, 0.3) is 0 Å². The lowest BCUT2D eigenvalue weighted by molar-refractivity contribution is 0.521. The van der Waals surface area contributed by atoms with Crippen LogP contribution in [0.2, 0.25) is 5.02 Å². The van der Waals surface area contributed by atoms with E-state index in [2.05, 4.69) is 4.72 Å². The van der Waals surface area contributed by atoms with Crippen LogP contribution in [-0.2, 0) is 10.0 Å². The van der Waals surface area contributed by atoms with Gasteiger partial charge in [-0.3, -0.25) is 4.72 Å². The Morgan fingerprint density at radius 2 is 1.60 bits per heavy atom. The fourth-order valence-corrected chi connectivity index (χ4v) is 3.09. The van der Waals surface area contributed by atoms with Crippen molar-refractivity contribution in [2.75, 3.05) is 4.72 Å². The molecule has 0 fully saturated rings. The van der Waals surface area contributed by atoms with Gasteiger partial charge in [-0.2, -0.15) is 0 Å². The van der Waals surface area contributed by atoms with Gasteiger partial charge < -0.3 is 0 Å². The van der Waals surface area contributed by atoms with Crippen molar-refractivity contribution in [1.82, 2.24) is 0 Å². The van der Waals surface area contributed by atoms with Crippen molar-refractivity contribution in [2.45, 2.75) is 11.8 Å². The zero-order valence-corrected chi connectivity index (χ0v) is 11.9. The van der Waals surface area contributed by atoms with E-state index in [-0.39, 0.29) is 5.69 Å². The molecule has 106 valence electrons. The molecule has 2 aromatic carbocycles. The Labute approximate surface area is 120 Å². The molecule has 0 aliphatic carbocycles. The van der Waals surface area contributed by atoms with Crippen LogP contribution in [0.1, 0.15) is 5.56 Å². The summed E-state index contributed by atoms with van der Waals surface area (Å²) in [6, 6.07) is 7.42. The van der Waals surface area contributed by atoms with Gasteiger partial charge in [0.2, 0.25) is 0 Å². The molecule has 0 bridgehead atoms. The molecule has 2 rings (SSSR count). The minimum absolute atomic E-state index is 0.167. The highest BCUT2D eigenvalue weighted by Crippen LogP contribution is 2.27. The zero-order valence-electron chi connectivity index (χ0n) is 10.3. The summed E-state index contributed by atoms with van der Waals surface area (Å²) in [7, 11) is -4.37. The maximum atomic E-state index is 13.5. The summed E-state index contributed by atoms with van der Waals surface area (Å²) in [4.78, 5) is -1.01. The van der Waals surface area contributed by atoms with E-state index in [9.17, 15) is 17.2 Å². The summed E-state index contributed by atoms with van der Waals surface area (Å²) in [6.45, 7) is 1.60. The molecule has 0 radical (unpaired) electrons. The molecule has 1 N–H and O–H groups in total. The molecular formula is C13H10ClF2NO2S. The molecule has 20 heavy (non-hydrogen) atoms. The monoisotopic (exact) mass is 317 g/mol. The summed E-state index contributed by atoms with van der Waals surface area (Å²) in [6.07, 6.45) is 0. The number of hydrogen-bond donors (Lipinski definition) is 1. The molecule has 0 aliphatic rings. The summed E-state index contributed by atoms with van der Waals surface area (Å²) in [5.74, 6) is -2.31. The van der Waals surface area contributed by atoms with Crippen molar-refractivity contribution in [2.24, 2.45) is 0 Å². The minimum Gasteiger partial charge on any atom is -0.279 e. The topological polar surface area (TPSA) is 46.2 Å². The highest BCUT2D eigenvalue weighted by molar-refractivity contribution is 7.92. The highest BCUT2D eigenvalue weighted by Gasteiger charge is 2.24. The second kappa shape index (κ2) is 5.38. The second-order valence-corrected chi connectivity index (χ2v) is 6.10. The zero-order chi connectivity index (χ0) is 14.9. The normalized spacial score (nSPS) is 11.4. The molecule has 0 saturated carbocycles. The number of sulfonamides is 1. The third-order valence-electron chi connectivity index (χ3n) is 2.70. The van der Waals surface area contributed by atoms with Gasteiger partial charge in [-0.25, -0.2) is 17.2 Å². The first-order valence-corrected chi connectivity index (χ1v) is 7.41. The first-order valence-electron chi connectivity index (χ1n) is 5.55. The third kappa shape index (κ3) is 2.76. The summed E-state index contributed by atoms with van der Waals surface area (Å²) in [5, 5.41) is 0.346. The summed E-state index contributed by atoms with van der Waals surface area (Å²) in [5.41, 5.74) is 0.634. The average molecular weight is 318 g/mol. The quantitative estimate of drug-likeness (QED) is 0.937. The number of anilines is 1. The number of nitrogens with one attached hydrogen (secondary N) is 1. The van der Waals surface area contributed by atoms with Gasteiger partial charge in [0.25, 0.3) is 10.0 Å². The molecule has 0 spiro atoms. The average Bonchev–Trinajstić information content (AvgIpc) is 2.34. The Morgan fingerprint density at radius 1 is 1.05 bits per heavy atom. The van der Waals surface area contributed by atoms with Crippen molar-refractivity contribution in [3.05, 3.63) is 58.6 Å². The van der Waals surface area contributed by atoms with E-state index in [1.165, 1.54) is 12.1 Å². The van der Waals surface area contributed by atoms with Gasteiger partial charge in [0.15, 0.2) is 4.90 Å². The van der Waals surface area contributed by atoms with Crippen molar-refractivity contribution < 1.29 is 17.2 Å². The van der Waals surface area contributed by atoms with Gasteiger partial charge in [0.05, 0.1) is 5.69 Å². The molecule has 0 aromatic heterocycles. The maximum Gasteiger partial charge on any atom is 0.267 e. The molecule has 7 heteroatoms. The van der Waals surface area contributed by atoms with E-state index in [1.54, 1.807) is 13.0 Å². The number of hydrogen-bond acceptors (Lipinski definition) is 2. The van der Waals surface area contributed by atoms with Crippen LogP contribution in [0.5, 0.6) is 0 Å². The van der Waals surface area contributed by atoms with Gasteiger partial charge in [-0.1, -0.05) is 23.7 Å². The maximum absolute atomic E-state index is 13.5. The van der Waals surface area contributed by atoms with Crippen LogP contribution >= 0.6 is 11.6 Å². The Kier molecular flexibility index (Phi) is 3.96. The molecule has 0 saturated heterocycles. The van der Waals surface area contributed by atoms with Crippen molar-refractivity contribution in [3.8, 4) is 0 Å². The van der Waals surface area contributed by atoms with Crippen molar-refractivity contribution >= 4 is 27.3 Å². The lowest BCUT2D eigenvalue weighted by atomic mass is 10.2. The fourth-order valence-electron chi connectivity index (χ4n) is 1.65. The number of halogens is 3. The minimum atomic E-state index is -4.37. The van der Waals surface area contributed by atoms with E-state index in [0.29, 0.717) is 10.6 Å². The van der Waals surface area contributed by atoms with E-state index < -0.39 is 26.6 Å². The first-order chi connectivity index (χ1) is 9.33. The molecule has 0 amide bonds. The van der Waals surface area contributed by atoms with Crippen LogP contribution in [-0.4, -0.2) is 8.42 Å². The number of rotatable bonds is 3. The predicted octanol–water partition coefficient (Wildman–Crippen LogP) is 3.73. The van der Waals surface area contributed by atoms with Gasteiger partial charge in [0, 0.05) is 5.02 Å². The smallest absolute Gasteiger partial charge is 0.267 e. The summed E-state index contributed by atoms with van der Waals surface area (Å²) >= 11 is 5.87. The van der Waals surface area contributed by atoms with Crippen LogP contribution in [0.4, 0.5) is 14.5 Å². The van der Waals surface area contributed by atoms with E-state index in [0.717, 1.165) is 18.2 Å². The van der Waals surface area contributed by atoms with Crippen LogP contribution in [0, 0.1) is 18.6 Å². The Hall–Kier alpha value is -1.66. The van der Waals surface area contributed by atoms with Gasteiger partial charge in [-0.05, 0) is 36.8 Å². The fraction of sp³-hybridized carbons (Fsp3) is 0.0769. The van der Waals surface area contributed by atoms with E-state index in [1.807, 2.05) is 0 Å². The SMILES string of the molecule is Cc1c(Cl)cccc1NS(=O)(=O)c1c(F)cccc1F. The van der Waals surface area contributed by atoms with Crippen molar-refractivity contribution in [3.63, 3.8) is 0 Å². The van der Waals surface area contributed by atoms with Gasteiger partial charge >= 0.3 is 0 Å². The Balaban J connectivity index is 2.50. The van der Waals surface area contributed by atoms with Gasteiger partial charge in [0.1, 0.15) is 11.6 Å². The largest absolute Gasteiger partial charge is 0.279 e. The molecular weight excluding hydrogens is 308 g/mol. The lowest BCUT2D eigenvalue weighted by Crippen LogP contribution is -2.17. The Bertz CT molecular complexity index is 743.